The number of benzene rings is 1. The molecule has 0 saturated heterocycles. The van der Waals surface area contributed by atoms with E-state index in [0.717, 1.165) is 27.5 Å². The molecule has 0 heterocycles. The topological polar surface area (TPSA) is 46.5 Å². The summed E-state index contributed by atoms with van der Waals surface area (Å²) in [5, 5.41) is 9.55. The Balaban J connectivity index is 2.64. The normalized spacial score (nSPS) is 10.1. The van der Waals surface area contributed by atoms with Gasteiger partial charge in [-0.2, -0.15) is 0 Å². The van der Waals surface area contributed by atoms with Gasteiger partial charge in [0.2, 0.25) is 0 Å². The van der Waals surface area contributed by atoms with Gasteiger partial charge in [0.05, 0.1) is 17.5 Å². The lowest BCUT2D eigenvalue weighted by atomic mass is 10.1. The number of alkyl halides is 1. The standard InChI is InChI=1S/C11H12Br2O3/c12-4-1-5-16-10-3-2-8(6-9(10)13)7-11(14)15/h2-3,6H,1,4-5,7H2,(H,14,15). The number of carboxylic acids is 1. The van der Waals surface area contributed by atoms with E-state index in [1.807, 2.05) is 0 Å². The third-order valence-corrected chi connectivity index (χ3v) is 3.07. The average molecular weight is 352 g/mol. The molecular weight excluding hydrogens is 340 g/mol. The highest BCUT2D eigenvalue weighted by molar-refractivity contribution is 9.10. The minimum Gasteiger partial charge on any atom is -0.492 e. The van der Waals surface area contributed by atoms with Crippen molar-refractivity contribution >= 4 is 37.8 Å². The molecule has 88 valence electrons. The molecule has 3 nitrogen and oxygen atoms in total. The fourth-order valence-corrected chi connectivity index (χ4v) is 1.95. The van der Waals surface area contributed by atoms with Crippen LogP contribution in [0, 0.1) is 0 Å². The Morgan fingerprint density at radius 2 is 2.19 bits per heavy atom. The van der Waals surface area contributed by atoms with Gasteiger partial charge >= 0.3 is 5.97 Å². The second kappa shape index (κ2) is 6.91. The van der Waals surface area contributed by atoms with Gasteiger partial charge in [-0.3, -0.25) is 4.79 Å². The molecular formula is C11H12Br2O3. The summed E-state index contributed by atoms with van der Waals surface area (Å²) in [5.41, 5.74) is 0.757. The summed E-state index contributed by atoms with van der Waals surface area (Å²) in [6.07, 6.45) is 0.962. The minimum absolute atomic E-state index is 0.0281. The summed E-state index contributed by atoms with van der Waals surface area (Å²) >= 11 is 6.68. The van der Waals surface area contributed by atoms with Crippen molar-refractivity contribution in [1.82, 2.24) is 0 Å². The molecule has 0 aromatic heterocycles. The van der Waals surface area contributed by atoms with Gasteiger partial charge in [-0.25, -0.2) is 0 Å². The molecule has 16 heavy (non-hydrogen) atoms. The van der Waals surface area contributed by atoms with Gasteiger partial charge in [-0.1, -0.05) is 22.0 Å². The molecule has 0 amide bonds. The second-order valence-electron chi connectivity index (χ2n) is 3.23. The Morgan fingerprint density at radius 1 is 1.44 bits per heavy atom. The van der Waals surface area contributed by atoms with E-state index in [9.17, 15) is 4.79 Å². The van der Waals surface area contributed by atoms with E-state index in [4.69, 9.17) is 9.84 Å². The number of ether oxygens (including phenoxy) is 1. The van der Waals surface area contributed by atoms with Crippen LogP contribution in [-0.4, -0.2) is 23.0 Å². The maximum absolute atomic E-state index is 10.5. The molecule has 0 bridgehead atoms. The van der Waals surface area contributed by atoms with Gasteiger partial charge in [0.15, 0.2) is 0 Å². The Hall–Kier alpha value is -0.550. The molecule has 1 rings (SSSR count). The van der Waals surface area contributed by atoms with E-state index in [2.05, 4.69) is 31.9 Å². The summed E-state index contributed by atoms with van der Waals surface area (Å²) in [6.45, 7) is 0.641. The molecule has 0 radical (unpaired) electrons. The number of hydrogen-bond acceptors (Lipinski definition) is 2. The molecule has 5 heteroatoms. The molecule has 0 atom stereocenters. The quantitative estimate of drug-likeness (QED) is 0.632. The van der Waals surface area contributed by atoms with E-state index < -0.39 is 5.97 Å². The molecule has 0 fully saturated rings. The first kappa shape index (κ1) is 13.5. The fourth-order valence-electron chi connectivity index (χ4n) is 1.18. The Bertz CT molecular complexity index is 366. The fraction of sp³-hybridized carbons (Fsp3) is 0.364. The average Bonchev–Trinajstić information content (AvgIpc) is 2.20. The summed E-state index contributed by atoms with van der Waals surface area (Å²) < 4.78 is 6.31. The van der Waals surface area contributed by atoms with Gasteiger partial charge in [-0.05, 0) is 40.0 Å². The molecule has 0 spiro atoms. The van der Waals surface area contributed by atoms with Crippen molar-refractivity contribution in [3.8, 4) is 5.75 Å². The van der Waals surface area contributed by atoms with Crippen molar-refractivity contribution in [2.75, 3.05) is 11.9 Å². The van der Waals surface area contributed by atoms with E-state index in [1.165, 1.54) is 0 Å². The number of rotatable bonds is 6. The molecule has 1 aromatic rings. The van der Waals surface area contributed by atoms with E-state index in [0.29, 0.717) is 6.61 Å². The van der Waals surface area contributed by atoms with Crippen LogP contribution in [0.1, 0.15) is 12.0 Å². The Kier molecular flexibility index (Phi) is 5.84. The lowest BCUT2D eigenvalue weighted by Crippen LogP contribution is -2.01. The first-order valence-electron chi connectivity index (χ1n) is 4.82. The highest BCUT2D eigenvalue weighted by Crippen LogP contribution is 2.26. The van der Waals surface area contributed by atoms with Crippen LogP contribution >= 0.6 is 31.9 Å². The number of carboxylic acid groups (broad SMARTS) is 1. The zero-order chi connectivity index (χ0) is 12.0. The van der Waals surface area contributed by atoms with Crippen molar-refractivity contribution < 1.29 is 14.6 Å². The van der Waals surface area contributed by atoms with Crippen LogP contribution in [0.3, 0.4) is 0 Å². The predicted molar refractivity (Wildman–Crippen MR) is 69.4 cm³/mol. The minimum atomic E-state index is -0.833. The number of halogens is 2. The van der Waals surface area contributed by atoms with Crippen molar-refractivity contribution in [3.63, 3.8) is 0 Å². The van der Waals surface area contributed by atoms with Gasteiger partial charge in [0, 0.05) is 5.33 Å². The van der Waals surface area contributed by atoms with Crippen LogP contribution in [0.15, 0.2) is 22.7 Å². The van der Waals surface area contributed by atoms with Crippen LogP contribution in [0.4, 0.5) is 0 Å². The van der Waals surface area contributed by atoms with Crippen LogP contribution in [0.5, 0.6) is 5.75 Å². The molecule has 0 aliphatic rings. The van der Waals surface area contributed by atoms with Crippen LogP contribution in [0.2, 0.25) is 0 Å². The van der Waals surface area contributed by atoms with Gasteiger partial charge in [0.25, 0.3) is 0 Å². The van der Waals surface area contributed by atoms with Crippen molar-refractivity contribution in [2.45, 2.75) is 12.8 Å². The second-order valence-corrected chi connectivity index (χ2v) is 4.87. The third kappa shape index (κ3) is 4.53. The zero-order valence-corrected chi connectivity index (χ0v) is 11.8. The lowest BCUT2D eigenvalue weighted by molar-refractivity contribution is -0.136. The number of hydrogen-bond donors (Lipinski definition) is 1. The molecule has 1 aromatic carbocycles. The Labute approximate surface area is 111 Å². The highest BCUT2D eigenvalue weighted by Gasteiger charge is 2.05. The SMILES string of the molecule is O=C(O)Cc1ccc(OCCCBr)c(Br)c1. The van der Waals surface area contributed by atoms with E-state index >= 15 is 0 Å². The highest BCUT2D eigenvalue weighted by atomic mass is 79.9. The Morgan fingerprint density at radius 3 is 2.75 bits per heavy atom. The first-order chi connectivity index (χ1) is 7.63. The first-order valence-corrected chi connectivity index (χ1v) is 6.74. The molecule has 0 saturated carbocycles. The lowest BCUT2D eigenvalue weighted by Gasteiger charge is -2.08. The van der Waals surface area contributed by atoms with Crippen molar-refractivity contribution in [1.29, 1.82) is 0 Å². The van der Waals surface area contributed by atoms with Crippen LogP contribution in [-0.2, 0) is 11.2 Å². The predicted octanol–water partition coefficient (Wildman–Crippen LogP) is 3.24. The molecule has 0 aliphatic heterocycles. The largest absolute Gasteiger partial charge is 0.492 e. The van der Waals surface area contributed by atoms with Crippen molar-refractivity contribution in [3.05, 3.63) is 28.2 Å². The molecule has 1 N–H and O–H groups in total. The van der Waals surface area contributed by atoms with Crippen molar-refractivity contribution in [2.24, 2.45) is 0 Å². The summed E-state index contributed by atoms with van der Waals surface area (Å²) in [4.78, 5) is 10.5. The van der Waals surface area contributed by atoms with Gasteiger partial charge in [0.1, 0.15) is 5.75 Å². The number of aliphatic carboxylic acids is 1. The van der Waals surface area contributed by atoms with Crippen LogP contribution in [0.25, 0.3) is 0 Å². The maximum Gasteiger partial charge on any atom is 0.307 e. The summed E-state index contributed by atoms with van der Waals surface area (Å²) in [7, 11) is 0. The smallest absolute Gasteiger partial charge is 0.307 e. The van der Waals surface area contributed by atoms with E-state index in [-0.39, 0.29) is 6.42 Å². The van der Waals surface area contributed by atoms with Gasteiger partial charge < -0.3 is 9.84 Å². The van der Waals surface area contributed by atoms with E-state index in [1.54, 1.807) is 18.2 Å². The monoisotopic (exact) mass is 350 g/mol. The van der Waals surface area contributed by atoms with Crippen LogP contribution < -0.4 is 4.74 Å². The van der Waals surface area contributed by atoms with Gasteiger partial charge in [-0.15, -0.1) is 0 Å². The third-order valence-electron chi connectivity index (χ3n) is 1.89. The zero-order valence-electron chi connectivity index (χ0n) is 8.58. The maximum atomic E-state index is 10.5. The molecule has 0 aliphatic carbocycles. The number of carbonyl (C=O) groups is 1. The summed E-state index contributed by atoms with van der Waals surface area (Å²) in [5.74, 6) is -0.0880. The molecule has 0 unspecified atom stereocenters. The summed E-state index contributed by atoms with van der Waals surface area (Å²) in [6, 6.07) is 5.33.